The Morgan fingerprint density at radius 1 is 1.24 bits per heavy atom. The van der Waals surface area contributed by atoms with Gasteiger partial charge in [-0.15, -0.1) is 24.0 Å². The van der Waals surface area contributed by atoms with Gasteiger partial charge in [-0.2, -0.15) is 0 Å². The van der Waals surface area contributed by atoms with E-state index in [4.69, 9.17) is 5.73 Å². The molecule has 0 heterocycles. The second kappa shape index (κ2) is 9.99. The number of aliphatic imine (C=N–C) groups is 1. The molecule has 1 fully saturated rings. The fraction of sp³-hybridized carbons (Fsp3) is 0.579. The van der Waals surface area contributed by atoms with Crippen molar-refractivity contribution in [2.24, 2.45) is 10.7 Å². The lowest BCUT2D eigenvalue weighted by Crippen LogP contribution is -2.41. The van der Waals surface area contributed by atoms with E-state index >= 15 is 0 Å². The Kier molecular flexibility index (Phi) is 8.68. The van der Waals surface area contributed by atoms with Crippen molar-refractivity contribution in [2.45, 2.75) is 71.0 Å². The molecule has 1 aromatic carbocycles. The minimum atomic E-state index is -0.250. The van der Waals surface area contributed by atoms with Gasteiger partial charge in [0.2, 0.25) is 0 Å². The molecule has 0 spiro atoms. The molecule has 0 atom stereocenters. The lowest BCUT2D eigenvalue weighted by atomic mass is 9.96. The van der Waals surface area contributed by atoms with Crippen molar-refractivity contribution < 1.29 is 4.79 Å². The second-order valence-electron chi connectivity index (χ2n) is 7.59. The number of hydrogen-bond donors (Lipinski definition) is 3. The van der Waals surface area contributed by atoms with Crippen LogP contribution in [0.5, 0.6) is 0 Å². The summed E-state index contributed by atoms with van der Waals surface area (Å²) in [5, 5.41) is 6.28. The Labute approximate surface area is 168 Å². The van der Waals surface area contributed by atoms with Gasteiger partial charge in [-0.05, 0) is 51.3 Å². The monoisotopic (exact) mass is 458 g/mol. The summed E-state index contributed by atoms with van der Waals surface area (Å²) in [5.74, 6) is 0.424. The van der Waals surface area contributed by atoms with Crippen LogP contribution in [-0.2, 0) is 6.54 Å². The topological polar surface area (TPSA) is 79.5 Å². The van der Waals surface area contributed by atoms with Crippen LogP contribution in [0, 0.1) is 0 Å². The highest BCUT2D eigenvalue weighted by molar-refractivity contribution is 14.0. The number of nitrogens with one attached hydrogen (secondary N) is 2. The van der Waals surface area contributed by atoms with E-state index in [1.54, 1.807) is 0 Å². The molecule has 140 valence electrons. The van der Waals surface area contributed by atoms with E-state index in [2.05, 4.69) is 15.6 Å². The Balaban J connectivity index is 0.00000312. The van der Waals surface area contributed by atoms with Crippen molar-refractivity contribution in [1.82, 2.24) is 10.6 Å². The SMILES string of the molecule is CC(C)(C)NC(=O)c1cccc(CN=C(N)NC2CCCCC2)c1.I. The van der Waals surface area contributed by atoms with Crippen molar-refractivity contribution in [2.75, 3.05) is 0 Å². The number of nitrogens with zero attached hydrogens (tertiary/aromatic N) is 1. The molecular weight excluding hydrogens is 427 g/mol. The van der Waals surface area contributed by atoms with E-state index in [-0.39, 0.29) is 35.4 Å². The van der Waals surface area contributed by atoms with Crippen molar-refractivity contribution in [3.05, 3.63) is 35.4 Å². The molecule has 1 aliphatic rings. The number of rotatable bonds is 4. The van der Waals surface area contributed by atoms with Gasteiger partial charge in [0.05, 0.1) is 6.54 Å². The highest BCUT2D eigenvalue weighted by Gasteiger charge is 2.15. The maximum atomic E-state index is 12.2. The quantitative estimate of drug-likeness (QED) is 0.367. The Morgan fingerprint density at radius 3 is 2.56 bits per heavy atom. The number of benzene rings is 1. The summed E-state index contributed by atoms with van der Waals surface area (Å²) in [4.78, 5) is 16.6. The molecular formula is C19H31IN4O. The molecule has 0 unspecified atom stereocenters. The zero-order valence-electron chi connectivity index (χ0n) is 15.5. The van der Waals surface area contributed by atoms with Gasteiger partial charge in [0.1, 0.15) is 0 Å². The van der Waals surface area contributed by atoms with Crippen LogP contribution in [0.15, 0.2) is 29.3 Å². The van der Waals surface area contributed by atoms with Crippen LogP contribution >= 0.6 is 24.0 Å². The lowest BCUT2D eigenvalue weighted by molar-refractivity contribution is 0.0919. The largest absolute Gasteiger partial charge is 0.370 e. The smallest absolute Gasteiger partial charge is 0.251 e. The van der Waals surface area contributed by atoms with E-state index in [1.807, 2.05) is 45.0 Å². The third-order valence-electron chi connectivity index (χ3n) is 4.07. The number of amides is 1. The normalized spacial score (nSPS) is 16.0. The summed E-state index contributed by atoms with van der Waals surface area (Å²) in [6.45, 7) is 6.38. The zero-order chi connectivity index (χ0) is 17.6. The second-order valence-corrected chi connectivity index (χ2v) is 7.59. The first-order chi connectivity index (χ1) is 11.3. The van der Waals surface area contributed by atoms with E-state index in [0.717, 1.165) is 5.56 Å². The fourth-order valence-electron chi connectivity index (χ4n) is 2.90. The third kappa shape index (κ3) is 8.07. The molecule has 1 saturated carbocycles. The van der Waals surface area contributed by atoms with Crippen LogP contribution in [0.25, 0.3) is 0 Å². The van der Waals surface area contributed by atoms with Crippen molar-refractivity contribution in [1.29, 1.82) is 0 Å². The molecule has 1 amide bonds. The molecule has 2 rings (SSSR count). The van der Waals surface area contributed by atoms with Crippen LogP contribution in [0.1, 0.15) is 68.8 Å². The molecule has 0 radical (unpaired) electrons. The first-order valence-electron chi connectivity index (χ1n) is 8.81. The van der Waals surface area contributed by atoms with Crippen LogP contribution in [0.3, 0.4) is 0 Å². The number of halogens is 1. The van der Waals surface area contributed by atoms with Gasteiger partial charge in [-0.1, -0.05) is 31.4 Å². The van der Waals surface area contributed by atoms with Gasteiger partial charge < -0.3 is 16.4 Å². The Bertz CT molecular complexity index is 589. The number of carbonyl (C=O) groups is 1. The number of hydrogen-bond acceptors (Lipinski definition) is 2. The number of carbonyl (C=O) groups excluding carboxylic acids is 1. The first-order valence-corrected chi connectivity index (χ1v) is 8.81. The maximum absolute atomic E-state index is 12.2. The minimum Gasteiger partial charge on any atom is -0.370 e. The average molecular weight is 458 g/mol. The predicted molar refractivity (Wildman–Crippen MR) is 114 cm³/mol. The summed E-state index contributed by atoms with van der Waals surface area (Å²) >= 11 is 0. The van der Waals surface area contributed by atoms with E-state index in [1.165, 1.54) is 32.1 Å². The Morgan fingerprint density at radius 2 is 1.92 bits per heavy atom. The molecule has 0 aliphatic heterocycles. The Hall–Kier alpha value is -1.31. The molecule has 1 aromatic rings. The lowest BCUT2D eigenvalue weighted by Gasteiger charge is -2.23. The van der Waals surface area contributed by atoms with E-state index in [0.29, 0.717) is 24.1 Å². The van der Waals surface area contributed by atoms with Crippen molar-refractivity contribution in [3.8, 4) is 0 Å². The third-order valence-corrected chi connectivity index (χ3v) is 4.07. The summed E-state index contributed by atoms with van der Waals surface area (Å²) in [6.07, 6.45) is 6.17. The van der Waals surface area contributed by atoms with Crippen molar-refractivity contribution in [3.63, 3.8) is 0 Å². The van der Waals surface area contributed by atoms with E-state index < -0.39 is 0 Å². The first kappa shape index (κ1) is 21.7. The number of nitrogens with two attached hydrogens (primary N) is 1. The number of guanidine groups is 1. The van der Waals surface area contributed by atoms with Crippen molar-refractivity contribution >= 4 is 35.8 Å². The van der Waals surface area contributed by atoms with Crippen LogP contribution in [-0.4, -0.2) is 23.4 Å². The molecule has 5 nitrogen and oxygen atoms in total. The van der Waals surface area contributed by atoms with Gasteiger partial charge in [-0.3, -0.25) is 4.79 Å². The summed E-state index contributed by atoms with van der Waals surface area (Å²) < 4.78 is 0. The fourth-order valence-corrected chi connectivity index (χ4v) is 2.90. The van der Waals surface area contributed by atoms with Gasteiger partial charge in [0, 0.05) is 17.1 Å². The van der Waals surface area contributed by atoms with Crippen LogP contribution in [0.4, 0.5) is 0 Å². The molecule has 0 aromatic heterocycles. The van der Waals surface area contributed by atoms with Gasteiger partial charge in [-0.25, -0.2) is 4.99 Å². The predicted octanol–water partition coefficient (Wildman–Crippen LogP) is 3.57. The van der Waals surface area contributed by atoms with Gasteiger partial charge in [0.15, 0.2) is 5.96 Å². The molecule has 0 saturated heterocycles. The van der Waals surface area contributed by atoms with Crippen LogP contribution < -0.4 is 16.4 Å². The molecule has 25 heavy (non-hydrogen) atoms. The molecule has 0 bridgehead atoms. The molecule has 1 aliphatic carbocycles. The van der Waals surface area contributed by atoms with E-state index in [9.17, 15) is 4.79 Å². The molecule has 6 heteroatoms. The average Bonchev–Trinajstić information content (AvgIpc) is 2.53. The van der Waals surface area contributed by atoms with Gasteiger partial charge in [0.25, 0.3) is 5.91 Å². The highest BCUT2D eigenvalue weighted by atomic mass is 127. The minimum absolute atomic E-state index is 0. The maximum Gasteiger partial charge on any atom is 0.251 e. The standard InChI is InChI=1S/C19H30N4O.HI/c1-19(2,3)23-17(24)15-9-7-8-14(12-15)13-21-18(20)22-16-10-5-4-6-11-16;/h7-9,12,16H,4-6,10-11,13H2,1-3H3,(H,23,24)(H3,20,21,22);1H. The summed E-state index contributed by atoms with van der Waals surface area (Å²) in [6, 6.07) is 7.99. The van der Waals surface area contributed by atoms with Gasteiger partial charge >= 0.3 is 0 Å². The zero-order valence-corrected chi connectivity index (χ0v) is 17.8. The highest BCUT2D eigenvalue weighted by Crippen LogP contribution is 2.17. The molecule has 4 N–H and O–H groups in total. The van der Waals surface area contributed by atoms with Crippen LogP contribution in [0.2, 0.25) is 0 Å². The summed E-state index contributed by atoms with van der Waals surface area (Å²) in [7, 11) is 0. The summed E-state index contributed by atoms with van der Waals surface area (Å²) in [5.41, 5.74) is 7.37.